The number of imidazole rings is 1. The van der Waals surface area contributed by atoms with E-state index in [1.807, 2.05) is 35.2 Å². The molecule has 2 aliphatic rings. The van der Waals surface area contributed by atoms with Gasteiger partial charge >= 0.3 is 0 Å². The summed E-state index contributed by atoms with van der Waals surface area (Å²) in [6.45, 7) is 3.16. The summed E-state index contributed by atoms with van der Waals surface area (Å²) in [4.78, 5) is 4.54. The minimum absolute atomic E-state index is 0.0334. The summed E-state index contributed by atoms with van der Waals surface area (Å²) in [5.74, 6) is 2.54. The number of benzene rings is 1. The second kappa shape index (κ2) is 6.19. The van der Waals surface area contributed by atoms with Gasteiger partial charge in [-0.05, 0) is 25.1 Å². The monoisotopic (exact) mass is 406 g/mol. The van der Waals surface area contributed by atoms with Gasteiger partial charge in [-0.1, -0.05) is 0 Å². The lowest BCUT2D eigenvalue weighted by Crippen LogP contribution is -2.13. The van der Waals surface area contributed by atoms with Crippen LogP contribution in [0.15, 0.2) is 30.7 Å². The number of nitrogens with one attached hydrogen (secondary N) is 1. The summed E-state index contributed by atoms with van der Waals surface area (Å²) < 4.78 is 30.5. The number of anilines is 1. The van der Waals surface area contributed by atoms with Gasteiger partial charge in [-0.3, -0.25) is 4.40 Å². The topological polar surface area (TPSA) is 78.5 Å². The minimum Gasteiger partial charge on any atom is -0.493 e. The summed E-state index contributed by atoms with van der Waals surface area (Å²) in [5, 5.41) is 11.7. The maximum Gasteiger partial charge on any atom is 0.173 e. The predicted octanol–water partition coefficient (Wildman–Crippen LogP) is 3.06. The van der Waals surface area contributed by atoms with E-state index in [4.69, 9.17) is 9.47 Å². The Labute approximate surface area is 171 Å². The molecule has 152 valence electrons. The third-order valence-electron chi connectivity index (χ3n) is 5.98. The Balaban J connectivity index is 1.53. The van der Waals surface area contributed by atoms with Crippen molar-refractivity contribution in [2.75, 3.05) is 18.5 Å². The largest absolute Gasteiger partial charge is 0.493 e. The Morgan fingerprint density at radius 2 is 2.03 bits per heavy atom. The van der Waals surface area contributed by atoms with Crippen LogP contribution in [0.25, 0.3) is 17.0 Å². The second-order valence-corrected chi connectivity index (χ2v) is 7.69. The first-order valence-corrected chi connectivity index (χ1v) is 9.78. The summed E-state index contributed by atoms with van der Waals surface area (Å²) in [7, 11) is 1.96. The first-order chi connectivity index (χ1) is 14.6. The van der Waals surface area contributed by atoms with Crippen LogP contribution in [0, 0.1) is 12.7 Å². The standard InChI is InChI=1S/C21H19FN6O2/c1-11-6-23-19(27(11)2)13-5-17-21(28-10-25-26-20(13)28)24-7-14-15(22)3-4-16-18(14)12(8-29-16)9-30-17/h3-6,10,12,24H,7-9H2,1-2H3/t12-/m0/s1. The third-order valence-corrected chi connectivity index (χ3v) is 5.98. The third kappa shape index (κ3) is 2.35. The van der Waals surface area contributed by atoms with Crippen LogP contribution in [0.4, 0.5) is 10.2 Å². The molecule has 9 heteroatoms. The highest BCUT2D eigenvalue weighted by Crippen LogP contribution is 2.41. The zero-order valence-electron chi connectivity index (χ0n) is 16.5. The van der Waals surface area contributed by atoms with Crippen molar-refractivity contribution >= 4 is 11.5 Å². The highest BCUT2D eigenvalue weighted by atomic mass is 19.1. The van der Waals surface area contributed by atoms with E-state index in [1.54, 1.807) is 12.4 Å². The van der Waals surface area contributed by atoms with Crippen LogP contribution >= 0.6 is 0 Å². The Hall–Kier alpha value is -3.62. The fraction of sp³-hybridized carbons (Fsp3) is 0.286. The van der Waals surface area contributed by atoms with Crippen molar-refractivity contribution in [2.45, 2.75) is 19.4 Å². The first kappa shape index (κ1) is 17.3. The second-order valence-electron chi connectivity index (χ2n) is 7.69. The quantitative estimate of drug-likeness (QED) is 0.524. The number of hydrogen-bond acceptors (Lipinski definition) is 6. The molecule has 2 aliphatic heterocycles. The maximum absolute atomic E-state index is 14.7. The number of hydrogen-bond donors (Lipinski definition) is 1. The molecular weight excluding hydrogens is 387 g/mol. The lowest BCUT2D eigenvalue weighted by molar-refractivity contribution is 0.249. The molecule has 1 atom stereocenters. The predicted molar refractivity (Wildman–Crippen MR) is 107 cm³/mol. The van der Waals surface area contributed by atoms with Gasteiger partial charge in [0.25, 0.3) is 0 Å². The molecule has 0 amide bonds. The van der Waals surface area contributed by atoms with Gasteiger partial charge < -0.3 is 19.4 Å². The number of fused-ring (bicyclic) bond motifs is 3. The van der Waals surface area contributed by atoms with E-state index < -0.39 is 0 Å². The average Bonchev–Trinajstić information content (AvgIpc) is 3.46. The lowest BCUT2D eigenvalue weighted by atomic mass is 9.96. The van der Waals surface area contributed by atoms with Gasteiger partial charge in [-0.25, -0.2) is 9.37 Å². The van der Waals surface area contributed by atoms with Crippen molar-refractivity contribution < 1.29 is 13.9 Å². The molecule has 0 spiro atoms. The molecule has 5 heterocycles. The molecule has 30 heavy (non-hydrogen) atoms. The highest BCUT2D eigenvalue weighted by molar-refractivity contribution is 5.79. The normalized spacial score (nSPS) is 17.2. The van der Waals surface area contributed by atoms with Gasteiger partial charge in [0, 0.05) is 36.6 Å². The smallest absolute Gasteiger partial charge is 0.173 e. The van der Waals surface area contributed by atoms with E-state index >= 15 is 0 Å². The molecule has 0 aliphatic carbocycles. The molecule has 0 unspecified atom stereocenters. The molecule has 0 radical (unpaired) electrons. The summed E-state index contributed by atoms with van der Waals surface area (Å²) in [6, 6.07) is 5.08. The molecule has 1 N–H and O–H groups in total. The summed E-state index contributed by atoms with van der Waals surface area (Å²) in [6.07, 6.45) is 3.45. The molecular formula is C21H19FN6O2. The molecule has 0 fully saturated rings. The first-order valence-electron chi connectivity index (χ1n) is 9.78. The molecule has 4 aromatic rings. The Kier molecular flexibility index (Phi) is 3.56. The van der Waals surface area contributed by atoms with Gasteiger partial charge in [-0.2, -0.15) is 0 Å². The van der Waals surface area contributed by atoms with Crippen molar-refractivity contribution in [1.82, 2.24) is 24.1 Å². The van der Waals surface area contributed by atoms with Gasteiger partial charge in [0.05, 0.1) is 24.7 Å². The van der Waals surface area contributed by atoms with Gasteiger partial charge in [0.15, 0.2) is 17.2 Å². The number of aromatic nitrogens is 5. The van der Waals surface area contributed by atoms with Gasteiger partial charge in [0.1, 0.15) is 23.7 Å². The number of nitrogens with zero attached hydrogens (tertiary/aromatic N) is 5. The highest BCUT2D eigenvalue weighted by Gasteiger charge is 2.31. The summed E-state index contributed by atoms with van der Waals surface area (Å²) in [5.41, 5.74) is 3.99. The molecule has 3 aromatic heterocycles. The van der Waals surface area contributed by atoms with E-state index in [9.17, 15) is 4.39 Å². The summed E-state index contributed by atoms with van der Waals surface area (Å²) >= 11 is 0. The zero-order valence-corrected chi connectivity index (χ0v) is 16.5. The Morgan fingerprint density at radius 3 is 2.83 bits per heavy atom. The molecule has 0 saturated heterocycles. The number of rotatable bonds is 1. The molecule has 6 rings (SSSR count). The van der Waals surface area contributed by atoms with Crippen LogP contribution in [-0.2, 0) is 13.6 Å². The van der Waals surface area contributed by atoms with Crippen LogP contribution in [0.5, 0.6) is 11.5 Å². The van der Waals surface area contributed by atoms with Gasteiger partial charge in [0.2, 0.25) is 0 Å². The Bertz CT molecular complexity index is 1310. The zero-order chi connectivity index (χ0) is 20.4. The van der Waals surface area contributed by atoms with E-state index in [2.05, 4.69) is 20.5 Å². The van der Waals surface area contributed by atoms with Crippen LogP contribution in [0.1, 0.15) is 22.7 Å². The molecule has 0 saturated carbocycles. The Morgan fingerprint density at radius 1 is 1.20 bits per heavy atom. The van der Waals surface area contributed by atoms with Crippen LogP contribution in [-0.4, -0.2) is 37.4 Å². The minimum atomic E-state index is -0.250. The van der Waals surface area contributed by atoms with Crippen molar-refractivity contribution in [3.63, 3.8) is 0 Å². The number of ether oxygens (including phenoxy) is 2. The van der Waals surface area contributed by atoms with Gasteiger partial charge in [-0.15, -0.1) is 10.2 Å². The van der Waals surface area contributed by atoms with Crippen LogP contribution in [0.2, 0.25) is 0 Å². The fourth-order valence-corrected chi connectivity index (χ4v) is 4.29. The van der Waals surface area contributed by atoms with Crippen LogP contribution < -0.4 is 14.8 Å². The molecule has 8 nitrogen and oxygen atoms in total. The SMILES string of the molecule is Cc1cnc(-c2cc3c(n4cnnc24)NCc2c(F)ccc4c2[C@@H](CO4)CO3)n1C. The maximum atomic E-state index is 14.7. The fourth-order valence-electron chi connectivity index (χ4n) is 4.29. The van der Waals surface area contributed by atoms with Crippen molar-refractivity contribution in [1.29, 1.82) is 0 Å². The van der Waals surface area contributed by atoms with E-state index in [1.165, 1.54) is 6.07 Å². The van der Waals surface area contributed by atoms with E-state index in [-0.39, 0.29) is 11.7 Å². The molecule has 1 aromatic carbocycles. The average molecular weight is 406 g/mol. The van der Waals surface area contributed by atoms with E-state index in [0.29, 0.717) is 42.5 Å². The number of aryl methyl sites for hydroxylation is 1. The lowest BCUT2D eigenvalue weighted by Gasteiger charge is -2.16. The van der Waals surface area contributed by atoms with Crippen molar-refractivity contribution in [3.8, 4) is 22.9 Å². The van der Waals surface area contributed by atoms with Crippen LogP contribution in [0.3, 0.4) is 0 Å². The van der Waals surface area contributed by atoms with Crippen molar-refractivity contribution in [3.05, 3.63) is 53.4 Å². The van der Waals surface area contributed by atoms with E-state index in [0.717, 1.165) is 28.4 Å². The number of pyridine rings is 1. The molecule has 0 bridgehead atoms. The van der Waals surface area contributed by atoms with Crippen molar-refractivity contribution in [2.24, 2.45) is 7.05 Å². The number of halogens is 1.